The highest BCUT2D eigenvalue weighted by atomic mass is 32.2. The Labute approximate surface area is 200 Å². The molecule has 1 atom stereocenters. The third-order valence-corrected chi connectivity index (χ3v) is 7.97. The highest BCUT2D eigenvalue weighted by molar-refractivity contribution is 7.89. The topological polar surface area (TPSA) is 87.8 Å². The molecule has 1 fully saturated rings. The molecule has 0 amide bonds. The van der Waals surface area contributed by atoms with Crippen molar-refractivity contribution in [3.63, 3.8) is 0 Å². The third kappa shape index (κ3) is 4.77. The molecule has 35 heavy (non-hydrogen) atoms. The molecule has 0 spiro atoms. The van der Waals surface area contributed by atoms with E-state index in [9.17, 15) is 31.2 Å². The first-order valence-electron chi connectivity index (χ1n) is 11.2. The van der Waals surface area contributed by atoms with E-state index in [2.05, 4.69) is 11.1 Å². The molecular weight excluding hydrogens is 484 g/mol. The quantitative estimate of drug-likeness (QED) is 0.444. The summed E-state index contributed by atoms with van der Waals surface area (Å²) in [5.41, 5.74) is 2.07. The molecule has 11 heteroatoms. The molecule has 3 aromatic rings. The van der Waals surface area contributed by atoms with Gasteiger partial charge in [0, 0.05) is 17.6 Å². The summed E-state index contributed by atoms with van der Waals surface area (Å²) in [7, 11) is -4.48. The number of rotatable bonds is 5. The van der Waals surface area contributed by atoms with Gasteiger partial charge in [-0.05, 0) is 56.5 Å². The van der Waals surface area contributed by atoms with Gasteiger partial charge in [-0.25, -0.2) is 12.8 Å². The van der Waals surface area contributed by atoms with Crippen LogP contribution in [0.5, 0.6) is 0 Å². The van der Waals surface area contributed by atoms with Crippen LogP contribution in [0.25, 0.3) is 22.3 Å². The van der Waals surface area contributed by atoms with Crippen LogP contribution in [0.2, 0.25) is 0 Å². The monoisotopic (exact) mass is 508 g/mol. The summed E-state index contributed by atoms with van der Waals surface area (Å²) in [5.74, 6) is -0.444. The van der Waals surface area contributed by atoms with Crippen molar-refractivity contribution in [1.29, 1.82) is 5.26 Å². The van der Waals surface area contributed by atoms with Gasteiger partial charge in [-0.15, -0.1) is 0 Å². The fourth-order valence-electron chi connectivity index (χ4n) is 4.56. The normalized spacial score (nSPS) is 16.4. The van der Waals surface area contributed by atoms with Crippen LogP contribution in [-0.4, -0.2) is 30.2 Å². The summed E-state index contributed by atoms with van der Waals surface area (Å²) < 4.78 is 81.4. The molecule has 4 rings (SSSR count). The zero-order valence-electron chi connectivity index (χ0n) is 19.2. The Morgan fingerprint density at radius 3 is 2.46 bits per heavy atom. The first-order valence-corrected chi connectivity index (χ1v) is 12.7. The van der Waals surface area contributed by atoms with Gasteiger partial charge in [-0.2, -0.15) is 23.2 Å². The molecule has 0 aliphatic heterocycles. The van der Waals surface area contributed by atoms with E-state index in [1.54, 1.807) is 17.7 Å². The van der Waals surface area contributed by atoms with Gasteiger partial charge >= 0.3 is 6.18 Å². The average molecular weight is 509 g/mol. The molecule has 6 nitrogen and oxygen atoms in total. The predicted molar refractivity (Wildman–Crippen MR) is 123 cm³/mol. The van der Waals surface area contributed by atoms with Crippen LogP contribution in [0.15, 0.2) is 35.4 Å². The van der Waals surface area contributed by atoms with Gasteiger partial charge in [0.15, 0.2) is 0 Å². The minimum absolute atomic E-state index is 0.0488. The first kappa shape index (κ1) is 25.1. The lowest BCUT2D eigenvalue weighted by Crippen LogP contribution is -2.42. The molecule has 1 aromatic carbocycles. The Bertz CT molecular complexity index is 1400. The largest absolute Gasteiger partial charge is 0.404 e. The summed E-state index contributed by atoms with van der Waals surface area (Å²) in [6, 6.07) is 5.47. The number of halogens is 4. The third-order valence-electron chi connectivity index (χ3n) is 6.45. The number of alkyl halides is 3. The molecule has 1 aliphatic carbocycles. The number of nitrogens with one attached hydrogen (secondary N) is 1. The van der Waals surface area contributed by atoms with Crippen LogP contribution in [0.1, 0.15) is 56.2 Å². The molecule has 1 unspecified atom stereocenters. The number of pyridine rings is 1. The number of hydrogen-bond donors (Lipinski definition) is 1. The Morgan fingerprint density at radius 1 is 1.20 bits per heavy atom. The summed E-state index contributed by atoms with van der Waals surface area (Å²) in [6.07, 6.45) is 1.05. The Balaban J connectivity index is 1.84. The molecule has 1 aliphatic rings. The van der Waals surface area contributed by atoms with Crippen molar-refractivity contribution < 1.29 is 26.0 Å². The standard InChI is InChI=1S/C24H24F4N4O2S/c1-14-10-22-18(11-20(14)25)19(12-29)23(32(22)16-6-4-3-5-7-16)21-9-8-17(13-30-21)35(33,34)31-15(2)24(26,27)28/h8-11,13,15-16,31H,3-7H2,1-2H3. The van der Waals surface area contributed by atoms with E-state index in [4.69, 9.17) is 0 Å². The van der Waals surface area contributed by atoms with Gasteiger partial charge in [0.05, 0.1) is 22.5 Å². The molecule has 1 N–H and O–H groups in total. The van der Waals surface area contributed by atoms with E-state index in [1.165, 1.54) is 12.1 Å². The summed E-state index contributed by atoms with van der Waals surface area (Å²) in [4.78, 5) is 3.79. The highest BCUT2D eigenvalue weighted by Gasteiger charge is 2.39. The molecule has 0 bridgehead atoms. The number of nitrogens with zero attached hydrogens (tertiary/aromatic N) is 3. The average Bonchev–Trinajstić information content (AvgIpc) is 3.12. The number of aromatic nitrogens is 2. The fourth-order valence-corrected chi connectivity index (χ4v) is 5.74. The summed E-state index contributed by atoms with van der Waals surface area (Å²) >= 11 is 0. The Morgan fingerprint density at radius 2 is 1.89 bits per heavy atom. The van der Waals surface area contributed by atoms with Crippen LogP contribution in [0, 0.1) is 24.1 Å². The van der Waals surface area contributed by atoms with Crippen molar-refractivity contribution in [3.05, 3.63) is 47.4 Å². The van der Waals surface area contributed by atoms with Crippen LogP contribution >= 0.6 is 0 Å². The van der Waals surface area contributed by atoms with Gasteiger partial charge < -0.3 is 4.57 Å². The Hall–Kier alpha value is -2.97. The molecule has 1 saturated carbocycles. The molecular formula is C24H24F4N4O2S. The molecule has 2 heterocycles. The smallest absolute Gasteiger partial charge is 0.335 e. The summed E-state index contributed by atoms with van der Waals surface area (Å²) in [5, 5.41) is 10.4. The number of benzene rings is 1. The van der Waals surface area contributed by atoms with Crippen molar-refractivity contribution in [2.45, 2.75) is 69.1 Å². The van der Waals surface area contributed by atoms with Crippen LogP contribution in [-0.2, 0) is 10.0 Å². The second-order valence-corrected chi connectivity index (χ2v) is 10.6. The van der Waals surface area contributed by atoms with Crippen LogP contribution in [0.3, 0.4) is 0 Å². The first-order chi connectivity index (χ1) is 16.4. The van der Waals surface area contributed by atoms with Crippen LogP contribution < -0.4 is 4.72 Å². The van der Waals surface area contributed by atoms with Gasteiger partial charge in [-0.3, -0.25) is 4.98 Å². The van der Waals surface area contributed by atoms with Crippen molar-refractivity contribution in [2.24, 2.45) is 0 Å². The lowest BCUT2D eigenvalue weighted by molar-refractivity contribution is -0.147. The summed E-state index contributed by atoms with van der Waals surface area (Å²) in [6.45, 7) is 2.35. The van der Waals surface area contributed by atoms with E-state index in [1.807, 2.05) is 4.57 Å². The number of hydrogen-bond acceptors (Lipinski definition) is 4. The molecule has 2 aromatic heterocycles. The number of sulfonamides is 1. The van der Waals surface area contributed by atoms with E-state index < -0.39 is 33.0 Å². The SMILES string of the molecule is Cc1cc2c(cc1F)c(C#N)c(-c1ccc(S(=O)(=O)NC(C)C(F)(F)F)cn1)n2C1CCCCC1. The number of aryl methyl sites for hydroxylation is 1. The lowest BCUT2D eigenvalue weighted by Gasteiger charge is -2.26. The van der Waals surface area contributed by atoms with E-state index >= 15 is 0 Å². The second kappa shape index (κ2) is 9.24. The fraction of sp³-hybridized carbons (Fsp3) is 0.417. The highest BCUT2D eigenvalue weighted by Crippen LogP contribution is 2.40. The zero-order chi connectivity index (χ0) is 25.5. The Kier molecular flexibility index (Phi) is 6.64. The second-order valence-electron chi connectivity index (χ2n) is 8.88. The van der Waals surface area contributed by atoms with E-state index in [0.29, 0.717) is 29.1 Å². The van der Waals surface area contributed by atoms with Gasteiger partial charge in [0.2, 0.25) is 10.0 Å². The molecule has 186 valence electrons. The van der Waals surface area contributed by atoms with Crippen molar-refractivity contribution in [1.82, 2.24) is 14.3 Å². The number of fused-ring (bicyclic) bond motifs is 1. The van der Waals surface area contributed by atoms with Gasteiger partial charge in [0.25, 0.3) is 0 Å². The molecule has 0 saturated heterocycles. The zero-order valence-corrected chi connectivity index (χ0v) is 20.0. The maximum atomic E-state index is 14.4. The minimum Gasteiger partial charge on any atom is -0.335 e. The van der Waals surface area contributed by atoms with Crippen molar-refractivity contribution >= 4 is 20.9 Å². The van der Waals surface area contributed by atoms with Gasteiger partial charge in [-0.1, -0.05) is 19.3 Å². The number of nitriles is 1. The molecule has 0 radical (unpaired) electrons. The lowest BCUT2D eigenvalue weighted by atomic mass is 9.95. The maximum absolute atomic E-state index is 14.4. The predicted octanol–water partition coefficient (Wildman–Crippen LogP) is 5.76. The van der Waals surface area contributed by atoms with Gasteiger partial charge in [0.1, 0.15) is 22.8 Å². The van der Waals surface area contributed by atoms with Crippen LogP contribution in [0.4, 0.5) is 17.6 Å². The van der Waals surface area contributed by atoms with Crippen molar-refractivity contribution in [2.75, 3.05) is 0 Å². The van der Waals surface area contributed by atoms with E-state index in [-0.39, 0.29) is 17.3 Å². The maximum Gasteiger partial charge on any atom is 0.404 e. The minimum atomic E-state index is -4.74. The van der Waals surface area contributed by atoms with Crippen molar-refractivity contribution in [3.8, 4) is 17.5 Å². The van der Waals surface area contributed by atoms with E-state index in [0.717, 1.165) is 44.4 Å².